The van der Waals surface area contributed by atoms with Gasteiger partial charge in [0.2, 0.25) is 5.91 Å². The zero-order chi connectivity index (χ0) is 18.8. The second-order valence-corrected chi connectivity index (χ2v) is 7.68. The number of hydrogen-bond acceptors (Lipinski definition) is 4. The summed E-state index contributed by atoms with van der Waals surface area (Å²) in [5.41, 5.74) is 1.38. The van der Waals surface area contributed by atoms with Gasteiger partial charge in [-0.25, -0.2) is 0 Å². The van der Waals surface area contributed by atoms with Gasteiger partial charge in [0.05, 0.1) is 12.1 Å². The van der Waals surface area contributed by atoms with Crippen molar-refractivity contribution in [3.8, 4) is 0 Å². The molecule has 1 unspecified atom stereocenters. The molecule has 0 saturated carbocycles. The van der Waals surface area contributed by atoms with Crippen LogP contribution < -0.4 is 0 Å². The van der Waals surface area contributed by atoms with E-state index in [1.54, 1.807) is 7.11 Å². The minimum atomic E-state index is -0.0108. The lowest BCUT2D eigenvalue weighted by atomic mass is 9.96. The normalized spacial score (nSPS) is 21.4. The fourth-order valence-corrected chi connectivity index (χ4v) is 4.28. The molecule has 0 bridgehead atoms. The van der Waals surface area contributed by atoms with Gasteiger partial charge in [0.1, 0.15) is 0 Å². The van der Waals surface area contributed by atoms with Gasteiger partial charge in [0, 0.05) is 51.0 Å². The molecule has 0 aliphatic carbocycles. The zero-order valence-corrected chi connectivity index (χ0v) is 15.7. The number of nitrogens with zero attached hydrogens (tertiary/aromatic N) is 3. The summed E-state index contributed by atoms with van der Waals surface area (Å²) in [6.45, 7) is 3.67. The minimum Gasteiger partial charge on any atom is -0.384 e. The molecule has 2 aromatic rings. The molecule has 7 nitrogen and oxygen atoms in total. The smallest absolute Gasteiger partial charge is 0.274 e. The number of hydrogen-bond donors (Lipinski definition) is 1. The summed E-state index contributed by atoms with van der Waals surface area (Å²) in [5, 5.41) is 8.03. The highest BCUT2D eigenvalue weighted by molar-refractivity contribution is 6.04. The average Bonchev–Trinajstić information content (AvgIpc) is 3.26. The Kier molecular flexibility index (Phi) is 5.11. The summed E-state index contributed by atoms with van der Waals surface area (Å²) in [6.07, 6.45) is 2.44. The second kappa shape index (κ2) is 7.68. The van der Waals surface area contributed by atoms with Crippen molar-refractivity contribution in [2.24, 2.45) is 11.8 Å². The van der Waals surface area contributed by atoms with Crippen LogP contribution in [-0.4, -0.2) is 71.7 Å². The number of benzene rings is 1. The Morgan fingerprint density at radius 1 is 1.26 bits per heavy atom. The summed E-state index contributed by atoms with van der Waals surface area (Å²) in [5.74, 6) is 0.995. The third-order valence-corrected chi connectivity index (χ3v) is 5.75. The standard InChI is InChI=1S/C20H26N4O3/c1-27-13-15-10-18(25)24(12-15)11-14-6-8-23(9-7-14)20(26)19-16-4-2-3-5-17(16)21-22-19/h2-5,14-15H,6-13H2,1H3,(H,21,22). The van der Waals surface area contributed by atoms with Gasteiger partial charge in [-0.1, -0.05) is 18.2 Å². The van der Waals surface area contributed by atoms with Crippen LogP contribution in [0.1, 0.15) is 29.8 Å². The first-order chi connectivity index (χ1) is 13.2. The maximum Gasteiger partial charge on any atom is 0.274 e. The van der Waals surface area contributed by atoms with Crippen molar-refractivity contribution in [1.82, 2.24) is 20.0 Å². The van der Waals surface area contributed by atoms with Gasteiger partial charge in [-0.2, -0.15) is 5.10 Å². The molecular formula is C20H26N4O3. The third-order valence-electron chi connectivity index (χ3n) is 5.75. The monoisotopic (exact) mass is 370 g/mol. The third kappa shape index (κ3) is 3.69. The number of carbonyl (C=O) groups excluding carboxylic acids is 2. The molecule has 2 aliphatic heterocycles. The first kappa shape index (κ1) is 18.0. The molecule has 1 N–H and O–H groups in total. The maximum absolute atomic E-state index is 12.9. The van der Waals surface area contributed by atoms with Crippen molar-refractivity contribution in [3.05, 3.63) is 30.0 Å². The number of likely N-dealkylation sites (tertiary alicyclic amines) is 2. The Bertz CT molecular complexity index is 825. The molecule has 2 fully saturated rings. The van der Waals surface area contributed by atoms with E-state index in [9.17, 15) is 9.59 Å². The Balaban J connectivity index is 1.32. The van der Waals surface area contributed by atoms with Crippen LogP contribution in [0.15, 0.2) is 24.3 Å². The van der Waals surface area contributed by atoms with Crippen LogP contribution in [-0.2, 0) is 9.53 Å². The van der Waals surface area contributed by atoms with E-state index in [2.05, 4.69) is 10.2 Å². The van der Waals surface area contributed by atoms with Gasteiger partial charge in [-0.05, 0) is 24.8 Å². The topological polar surface area (TPSA) is 78.5 Å². The average molecular weight is 370 g/mol. The number of piperidine rings is 1. The molecule has 0 radical (unpaired) electrons. The molecule has 1 aromatic heterocycles. The number of ether oxygens (including phenoxy) is 1. The van der Waals surface area contributed by atoms with E-state index in [1.807, 2.05) is 34.1 Å². The van der Waals surface area contributed by atoms with Gasteiger partial charge in [-0.3, -0.25) is 14.7 Å². The van der Waals surface area contributed by atoms with Crippen LogP contribution in [0.2, 0.25) is 0 Å². The predicted molar refractivity (Wildman–Crippen MR) is 101 cm³/mol. The van der Waals surface area contributed by atoms with E-state index < -0.39 is 0 Å². The zero-order valence-electron chi connectivity index (χ0n) is 15.7. The van der Waals surface area contributed by atoms with E-state index in [0.29, 0.717) is 43.6 Å². The van der Waals surface area contributed by atoms with Crippen molar-refractivity contribution in [2.75, 3.05) is 39.9 Å². The molecule has 27 heavy (non-hydrogen) atoms. The fraction of sp³-hybridized carbons (Fsp3) is 0.550. The largest absolute Gasteiger partial charge is 0.384 e. The molecule has 0 spiro atoms. The summed E-state index contributed by atoms with van der Waals surface area (Å²) in [6, 6.07) is 7.70. The number of amides is 2. The molecule has 4 rings (SSSR count). The Morgan fingerprint density at radius 2 is 2.04 bits per heavy atom. The molecule has 144 valence electrons. The van der Waals surface area contributed by atoms with Gasteiger partial charge in [-0.15, -0.1) is 0 Å². The quantitative estimate of drug-likeness (QED) is 0.872. The van der Waals surface area contributed by atoms with E-state index >= 15 is 0 Å². The number of aromatic nitrogens is 2. The Morgan fingerprint density at radius 3 is 2.81 bits per heavy atom. The van der Waals surface area contributed by atoms with Crippen molar-refractivity contribution >= 4 is 22.7 Å². The van der Waals surface area contributed by atoms with Crippen molar-refractivity contribution in [1.29, 1.82) is 0 Å². The van der Waals surface area contributed by atoms with Gasteiger partial charge < -0.3 is 14.5 Å². The number of nitrogens with one attached hydrogen (secondary N) is 1. The van der Waals surface area contributed by atoms with Crippen LogP contribution in [0, 0.1) is 11.8 Å². The summed E-state index contributed by atoms with van der Waals surface area (Å²) in [4.78, 5) is 28.9. The molecule has 1 atom stereocenters. The number of H-pyrrole nitrogens is 1. The highest BCUT2D eigenvalue weighted by atomic mass is 16.5. The number of carbonyl (C=O) groups is 2. The SMILES string of the molecule is COCC1CC(=O)N(CC2CCN(C(=O)c3n[nH]c4ccccc34)CC2)C1. The van der Waals surface area contributed by atoms with Crippen LogP contribution >= 0.6 is 0 Å². The van der Waals surface area contributed by atoms with Crippen LogP contribution in [0.5, 0.6) is 0 Å². The lowest BCUT2D eigenvalue weighted by Gasteiger charge is -2.33. The lowest BCUT2D eigenvalue weighted by molar-refractivity contribution is -0.128. The van der Waals surface area contributed by atoms with Crippen LogP contribution in [0.4, 0.5) is 0 Å². The molecule has 3 heterocycles. The van der Waals surface area contributed by atoms with E-state index in [0.717, 1.165) is 36.8 Å². The maximum atomic E-state index is 12.9. The van der Waals surface area contributed by atoms with Crippen LogP contribution in [0.3, 0.4) is 0 Å². The summed E-state index contributed by atoms with van der Waals surface area (Å²) in [7, 11) is 1.68. The highest BCUT2D eigenvalue weighted by Crippen LogP contribution is 2.25. The fourth-order valence-electron chi connectivity index (χ4n) is 4.28. The van der Waals surface area contributed by atoms with E-state index in [-0.39, 0.29) is 11.8 Å². The molecule has 7 heteroatoms. The van der Waals surface area contributed by atoms with E-state index in [1.165, 1.54) is 0 Å². The molecule has 2 saturated heterocycles. The molecule has 1 aromatic carbocycles. The highest BCUT2D eigenvalue weighted by Gasteiger charge is 2.33. The lowest BCUT2D eigenvalue weighted by Crippen LogP contribution is -2.42. The number of aromatic amines is 1. The van der Waals surface area contributed by atoms with Gasteiger partial charge >= 0.3 is 0 Å². The first-order valence-corrected chi connectivity index (χ1v) is 9.64. The molecule has 2 aliphatic rings. The summed E-state index contributed by atoms with van der Waals surface area (Å²) >= 11 is 0. The van der Waals surface area contributed by atoms with Gasteiger partial charge in [0.15, 0.2) is 5.69 Å². The van der Waals surface area contributed by atoms with E-state index in [4.69, 9.17) is 4.74 Å². The Labute approximate surface area is 158 Å². The number of methoxy groups -OCH3 is 1. The second-order valence-electron chi connectivity index (χ2n) is 7.68. The number of rotatable bonds is 5. The first-order valence-electron chi connectivity index (χ1n) is 9.64. The Hall–Kier alpha value is -2.41. The predicted octanol–water partition coefficient (Wildman–Crippen LogP) is 1.91. The molecular weight excluding hydrogens is 344 g/mol. The van der Waals surface area contributed by atoms with Crippen LogP contribution in [0.25, 0.3) is 10.9 Å². The summed E-state index contributed by atoms with van der Waals surface area (Å²) < 4.78 is 5.19. The van der Waals surface area contributed by atoms with Gasteiger partial charge in [0.25, 0.3) is 5.91 Å². The number of para-hydroxylation sites is 1. The number of fused-ring (bicyclic) bond motifs is 1. The van der Waals surface area contributed by atoms with Crippen molar-refractivity contribution < 1.29 is 14.3 Å². The van der Waals surface area contributed by atoms with Crippen molar-refractivity contribution in [2.45, 2.75) is 19.3 Å². The van der Waals surface area contributed by atoms with Crippen molar-refractivity contribution in [3.63, 3.8) is 0 Å². The molecule has 2 amide bonds. The minimum absolute atomic E-state index is 0.0108.